The van der Waals surface area contributed by atoms with Crippen LogP contribution in [0.5, 0.6) is 0 Å². The molecule has 2 rings (SSSR count). The van der Waals surface area contributed by atoms with Crippen molar-refractivity contribution in [3.63, 3.8) is 0 Å². The summed E-state index contributed by atoms with van der Waals surface area (Å²) >= 11 is 0. The number of halogens is 1. The molecule has 0 N–H and O–H groups in total. The third-order valence-corrected chi connectivity index (χ3v) is 4.21. The number of aryl methyl sites for hydroxylation is 1. The fourth-order valence-corrected chi connectivity index (χ4v) is 3.10. The molecule has 0 atom stereocenters. The van der Waals surface area contributed by atoms with Crippen LogP contribution < -0.4 is 0 Å². The average Bonchev–Trinajstić information content (AvgIpc) is 2.75. The van der Waals surface area contributed by atoms with Crippen LogP contribution in [0.2, 0.25) is 0 Å². The fraction of sp³-hybridized carbons (Fsp3) is 0.385. The minimum atomic E-state index is -3.90. The summed E-state index contributed by atoms with van der Waals surface area (Å²) in [6.07, 6.45) is 0.518. The largest absolute Gasteiger partial charge is 0.298 e. The molecule has 7 heteroatoms. The molecule has 0 aliphatic rings. The Balaban J connectivity index is 2.49. The minimum absolute atomic E-state index is 0.0902. The molecule has 5 nitrogen and oxygen atoms in total. The third kappa shape index (κ3) is 3.02. The summed E-state index contributed by atoms with van der Waals surface area (Å²) in [5.41, 5.74) is 2.21. The number of nitrogens with zero attached hydrogens (tertiary/aromatic N) is 3. The lowest BCUT2D eigenvalue weighted by atomic mass is 10.1. The van der Waals surface area contributed by atoms with Gasteiger partial charge in [-0.2, -0.15) is 0 Å². The molecule has 1 aromatic heterocycles. The minimum Gasteiger partial charge on any atom is -0.298 e. The van der Waals surface area contributed by atoms with Crippen LogP contribution in [-0.2, 0) is 15.5 Å². The normalized spacial score (nSPS) is 12.1. The molecule has 0 spiro atoms. The highest BCUT2D eigenvalue weighted by Crippen LogP contribution is 2.21. The van der Waals surface area contributed by atoms with Gasteiger partial charge in [-0.3, -0.25) is 4.57 Å². The molecule has 0 saturated heterocycles. The summed E-state index contributed by atoms with van der Waals surface area (Å²) in [6.45, 7) is 5.75. The van der Waals surface area contributed by atoms with Crippen molar-refractivity contribution in [3.8, 4) is 0 Å². The van der Waals surface area contributed by atoms with Gasteiger partial charge >= 0.3 is 0 Å². The summed E-state index contributed by atoms with van der Waals surface area (Å²) in [5.74, 6) is 0.591. The van der Waals surface area contributed by atoms with E-state index in [0.717, 1.165) is 11.1 Å². The molecule has 0 saturated carbocycles. The van der Waals surface area contributed by atoms with Gasteiger partial charge in [-0.05, 0) is 31.9 Å². The summed E-state index contributed by atoms with van der Waals surface area (Å²) in [5, 5.41) is 7.52. The van der Waals surface area contributed by atoms with E-state index in [1.165, 1.54) is 0 Å². The molecule has 0 aliphatic carbocycles. The molecule has 0 aliphatic heterocycles. The first-order valence-corrected chi connectivity index (χ1v) is 8.54. The van der Waals surface area contributed by atoms with Crippen molar-refractivity contribution >= 4 is 19.7 Å². The summed E-state index contributed by atoms with van der Waals surface area (Å²) < 4.78 is 24.6. The second kappa shape index (κ2) is 5.54. The second-order valence-electron chi connectivity index (χ2n) is 4.90. The molecule has 0 amide bonds. The van der Waals surface area contributed by atoms with Crippen molar-refractivity contribution in [3.05, 3.63) is 41.2 Å². The Morgan fingerprint density at radius 2 is 1.90 bits per heavy atom. The Morgan fingerprint density at radius 3 is 2.45 bits per heavy atom. The maximum Gasteiger partial charge on any atom is 0.296 e. The van der Waals surface area contributed by atoms with Gasteiger partial charge in [0.25, 0.3) is 14.2 Å². The Morgan fingerprint density at radius 1 is 1.25 bits per heavy atom. The zero-order chi connectivity index (χ0) is 14.9. The zero-order valence-electron chi connectivity index (χ0n) is 11.5. The number of hydrogen-bond acceptors (Lipinski definition) is 4. The predicted octanol–water partition coefficient (Wildman–Crippen LogP) is 2.69. The summed E-state index contributed by atoms with van der Waals surface area (Å²) in [6, 6.07) is 7.81. The quantitative estimate of drug-likeness (QED) is 0.814. The molecule has 1 aromatic carbocycles. The van der Waals surface area contributed by atoms with Gasteiger partial charge in [-0.25, -0.2) is 8.42 Å². The van der Waals surface area contributed by atoms with Gasteiger partial charge in [0.05, 0.1) is 0 Å². The van der Waals surface area contributed by atoms with Gasteiger partial charge in [0.15, 0.2) is 0 Å². The van der Waals surface area contributed by atoms with Crippen LogP contribution in [0.3, 0.4) is 0 Å². The van der Waals surface area contributed by atoms with Crippen LogP contribution in [0.1, 0.15) is 36.8 Å². The predicted molar refractivity (Wildman–Crippen MR) is 77.4 cm³/mol. The Labute approximate surface area is 123 Å². The first-order valence-electron chi connectivity index (χ1n) is 6.23. The molecule has 108 valence electrons. The molecule has 0 fully saturated rings. The first-order chi connectivity index (χ1) is 9.30. The highest BCUT2D eigenvalue weighted by Gasteiger charge is 2.24. The maximum absolute atomic E-state index is 11.5. The standard InChI is InChI=1S/C13H16ClN3O2S/c1-9(2)17-12(15-16-13(17)20(14,18)19)8-11-7-5-4-6-10(11)3/h4-7,9H,8H2,1-3H3. The molecule has 1 heterocycles. The van der Waals surface area contributed by atoms with E-state index in [1.54, 1.807) is 4.57 Å². The molecular weight excluding hydrogens is 298 g/mol. The van der Waals surface area contributed by atoms with Crippen LogP contribution in [0.15, 0.2) is 29.4 Å². The van der Waals surface area contributed by atoms with E-state index in [1.807, 2.05) is 45.0 Å². The first kappa shape index (κ1) is 15.0. The van der Waals surface area contributed by atoms with Crippen LogP contribution >= 0.6 is 10.7 Å². The number of benzene rings is 1. The van der Waals surface area contributed by atoms with Gasteiger partial charge < -0.3 is 0 Å². The lowest BCUT2D eigenvalue weighted by Gasteiger charge is -2.13. The Kier molecular flexibility index (Phi) is 4.15. The monoisotopic (exact) mass is 313 g/mol. The lowest BCUT2D eigenvalue weighted by molar-refractivity contribution is 0.512. The number of hydrogen-bond donors (Lipinski definition) is 0. The third-order valence-electron chi connectivity index (χ3n) is 3.08. The second-order valence-corrected chi connectivity index (χ2v) is 7.36. The zero-order valence-corrected chi connectivity index (χ0v) is 13.1. The van der Waals surface area contributed by atoms with Crippen molar-refractivity contribution in [2.75, 3.05) is 0 Å². The van der Waals surface area contributed by atoms with E-state index in [9.17, 15) is 8.42 Å². The summed E-state index contributed by atoms with van der Waals surface area (Å²) in [7, 11) is 1.51. The molecule has 20 heavy (non-hydrogen) atoms. The van der Waals surface area contributed by atoms with Crippen molar-refractivity contribution in [2.45, 2.75) is 38.4 Å². The molecule has 0 unspecified atom stereocenters. The van der Waals surface area contributed by atoms with Crippen LogP contribution in [0, 0.1) is 6.92 Å². The van der Waals surface area contributed by atoms with Gasteiger partial charge in [-0.15, -0.1) is 10.2 Å². The smallest absolute Gasteiger partial charge is 0.296 e. The highest BCUT2D eigenvalue weighted by molar-refractivity contribution is 8.13. The topological polar surface area (TPSA) is 64.8 Å². The van der Waals surface area contributed by atoms with E-state index in [4.69, 9.17) is 10.7 Å². The summed E-state index contributed by atoms with van der Waals surface area (Å²) in [4.78, 5) is 0. The molecular formula is C13H16ClN3O2S. The van der Waals surface area contributed by atoms with Crippen molar-refractivity contribution in [1.29, 1.82) is 0 Å². The van der Waals surface area contributed by atoms with Crippen LogP contribution in [0.4, 0.5) is 0 Å². The van der Waals surface area contributed by atoms with Gasteiger partial charge in [-0.1, -0.05) is 24.3 Å². The van der Waals surface area contributed by atoms with E-state index in [2.05, 4.69) is 10.2 Å². The van der Waals surface area contributed by atoms with Gasteiger partial charge in [0, 0.05) is 23.1 Å². The lowest BCUT2D eigenvalue weighted by Crippen LogP contribution is -2.12. The van der Waals surface area contributed by atoms with Gasteiger partial charge in [0.2, 0.25) is 0 Å². The molecule has 2 aromatic rings. The van der Waals surface area contributed by atoms with Crippen molar-refractivity contribution < 1.29 is 8.42 Å². The average molecular weight is 314 g/mol. The number of aromatic nitrogens is 3. The van der Waals surface area contributed by atoms with Crippen molar-refractivity contribution in [1.82, 2.24) is 14.8 Å². The fourth-order valence-electron chi connectivity index (χ4n) is 2.09. The van der Waals surface area contributed by atoms with Crippen LogP contribution in [-0.4, -0.2) is 23.2 Å². The van der Waals surface area contributed by atoms with E-state index in [-0.39, 0.29) is 11.2 Å². The maximum atomic E-state index is 11.5. The molecule has 0 radical (unpaired) electrons. The van der Waals surface area contributed by atoms with Crippen LogP contribution in [0.25, 0.3) is 0 Å². The SMILES string of the molecule is Cc1ccccc1Cc1nnc(S(=O)(=O)Cl)n1C(C)C. The Hall–Kier alpha value is -1.40. The number of rotatable bonds is 4. The highest BCUT2D eigenvalue weighted by atomic mass is 35.7. The Bertz CT molecular complexity index is 723. The van der Waals surface area contributed by atoms with E-state index < -0.39 is 9.05 Å². The van der Waals surface area contributed by atoms with Crippen molar-refractivity contribution in [2.24, 2.45) is 0 Å². The van der Waals surface area contributed by atoms with E-state index in [0.29, 0.717) is 12.2 Å². The van der Waals surface area contributed by atoms with E-state index >= 15 is 0 Å². The van der Waals surface area contributed by atoms with Gasteiger partial charge in [0.1, 0.15) is 5.82 Å². The molecule has 0 bridgehead atoms.